The molecule has 3 rings (SSSR count). The maximum atomic E-state index is 12.8. The van der Waals surface area contributed by atoms with E-state index >= 15 is 0 Å². The van der Waals surface area contributed by atoms with E-state index in [1.807, 2.05) is 4.90 Å². The van der Waals surface area contributed by atoms with E-state index in [-0.39, 0.29) is 11.8 Å². The van der Waals surface area contributed by atoms with Gasteiger partial charge in [0.1, 0.15) is 5.54 Å². The molecule has 0 aromatic rings. The number of amides is 2. The van der Waals surface area contributed by atoms with Crippen LogP contribution in [0.25, 0.3) is 0 Å². The summed E-state index contributed by atoms with van der Waals surface area (Å²) in [6.07, 6.45) is 7.56. The lowest BCUT2D eigenvalue weighted by Crippen LogP contribution is -2.55. The van der Waals surface area contributed by atoms with Crippen molar-refractivity contribution in [3.8, 4) is 0 Å². The van der Waals surface area contributed by atoms with Gasteiger partial charge in [-0.2, -0.15) is 0 Å². The Kier molecular flexibility index (Phi) is 4.48. The van der Waals surface area contributed by atoms with Gasteiger partial charge < -0.3 is 15.0 Å². The molecule has 3 aliphatic rings. The zero-order chi connectivity index (χ0) is 14.7. The average Bonchev–Trinajstić information content (AvgIpc) is 3.19. The van der Waals surface area contributed by atoms with Gasteiger partial charge in [0, 0.05) is 32.7 Å². The van der Waals surface area contributed by atoms with Crippen LogP contribution in [-0.4, -0.2) is 48.6 Å². The Labute approximate surface area is 126 Å². The summed E-state index contributed by atoms with van der Waals surface area (Å²) in [5.41, 5.74) is -0.595. The van der Waals surface area contributed by atoms with Gasteiger partial charge in [0.25, 0.3) is 0 Å². The third-order valence-electron chi connectivity index (χ3n) is 4.91. The second kappa shape index (κ2) is 6.34. The van der Waals surface area contributed by atoms with Crippen molar-refractivity contribution in [1.82, 2.24) is 10.2 Å². The summed E-state index contributed by atoms with van der Waals surface area (Å²) in [5, 5.41) is 3.00. The molecule has 1 N–H and O–H groups in total. The number of carbonyl (C=O) groups is 2. The first-order valence-electron chi connectivity index (χ1n) is 8.38. The molecular weight excluding hydrogens is 268 g/mol. The van der Waals surface area contributed by atoms with Crippen molar-refractivity contribution < 1.29 is 14.3 Å². The molecule has 1 aliphatic heterocycles. The van der Waals surface area contributed by atoms with E-state index < -0.39 is 5.54 Å². The lowest BCUT2D eigenvalue weighted by atomic mass is 9.96. The Bertz CT molecular complexity index is 400. The zero-order valence-electron chi connectivity index (χ0n) is 12.7. The van der Waals surface area contributed by atoms with E-state index in [1.165, 1.54) is 12.8 Å². The summed E-state index contributed by atoms with van der Waals surface area (Å²) in [6.45, 7) is 2.85. The molecule has 0 atom stereocenters. The molecule has 1 saturated heterocycles. The molecule has 21 heavy (non-hydrogen) atoms. The van der Waals surface area contributed by atoms with Crippen LogP contribution in [0.3, 0.4) is 0 Å². The lowest BCUT2D eigenvalue weighted by molar-refractivity contribution is -0.138. The molecule has 0 unspecified atom stereocenters. The molecule has 118 valence electrons. The number of hydrogen-bond acceptors (Lipinski definition) is 3. The van der Waals surface area contributed by atoms with Gasteiger partial charge in [0.05, 0.1) is 0 Å². The molecule has 3 fully saturated rings. The summed E-state index contributed by atoms with van der Waals surface area (Å²) < 4.78 is 5.63. The molecule has 1 heterocycles. The quantitative estimate of drug-likeness (QED) is 0.755. The minimum absolute atomic E-state index is 0.0257. The third-order valence-corrected chi connectivity index (χ3v) is 4.91. The number of ether oxygens (including phenoxy) is 1. The maximum Gasteiger partial charge on any atom is 0.248 e. The molecule has 5 nitrogen and oxygen atoms in total. The van der Waals surface area contributed by atoms with E-state index in [0.717, 1.165) is 44.6 Å². The molecular formula is C16H26N2O3. The fraction of sp³-hybridized carbons (Fsp3) is 0.875. The minimum atomic E-state index is -0.595. The fourth-order valence-corrected chi connectivity index (χ4v) is 3.45. The molecule has 5 heteroatoms. The number of nitrogens with one attached hydrogen (secondary N) is 1. The van der Waals surface area contributed by atoms with Crippen LogP contribution >= 0.6 is 0 Å². The lowest BCUT2D eigenvalue weighted by Gasteiger charge is -2.31. The van der Waals surface area contributed by atoms with Gasteiger partial charge in [-0.15, -0.1) is 0 Å². The predicted octanol–water partition coefficient (Wildman–Crippen LogP) is 1.46. The Morgan fingerprint density at radius 1 is 1.24 bits per heavy atom. The summed E-state index contributed by atoms with van der Waals surface area (Å²) in [4.78, 5) is 26.5. The predicted molar refractivity (Wildman–Crippen MR) is 78.7 cm³/mol. The Hall–Kier alpha value is -1.10. The van der Waals surface area contributed by atoms with Crippen molar-refractivity contribution in [3.63, 3.8) is 0 Å². The van der Waals surface area contributed by atoms with Crippen LogP contribution < -0.4 is 5.32 Å². The van der Waals surface area contributed by atoms with Gasteiger partial charge in [0.15, 0.2) is 0 Å². The Morgan fingerprint density at radius 3 is 2.71 bits per heavy atom. The average molecular weight is 294 g/mol. The van der Waals surface area contributed by atoms with Crippen LogP contribution in [0.15, 0.2) is 0 Å². The molecule has 0 aromatic carbocycles. The van der Waals surface area contributed by atoms with Gasteiger partial charge >= 0.3 is 0 Å². The van der Waals surface area contributed by atoms with Crippen molar-refractivity contribution in [1.29, 1.82) is 0 Å². The maximum absolute atomic E-state index is 12.8. The Balaban J connectivity index is 1.50. The topological polar surface area (TPSA) is 58.6 Å². The first kappa shape index (κ1) is 14.8. The summed E-state index contributed by atoms with van der Waals surface area (Å²) in [6, 6.07) is 0. The van der Waals surface area contributed by atoms with Crippen LogP contribution in [0.5, 0.6) is 0 Å². The van der Waals surface area contributed by atoms with E-state index in [4.69, 9.17) is 4.74 Å². The normalized spacial score (nSPS) is 25.2. The second-order valence-electron chi connectivity index (χ2n) is 6.75. The highest BCUT2D eigenvalue weighted by molar-refractivity contribution is 5.93. The van der Waals surface area contributed by atoms with Crippen LogP contribution in [0.2, 0.25) is 0 Å². The van der Waals surface area contributed by atoms with Crippen molar-refractivity contribution in [3.05, 3.63) is 0 Å². The molecule has 2 amide bonds. The molecule has 2 aliphatic carbocycles. The van der Waals surface area contributed by atoms with Gasteiger partial charge in [-0.05, 0) is 38.0 Å². The number of carbonyl (C=O) groups excluding carboxylic acids is 2. The molecule has 2 saturated carbocycles. The molecule has 0 bridgehead atoms. The second-order valence-corrected chi connectivity index (χ2v) is 6.75. The summed E-state index contributed by atoms with van der Waals surface area (Å²) in [5.74, 6) is 0.944. The van der Waals surface area contributed by atoms with Crippen molar-refractivity contribution >= 4 is 11.8 Å². The largest absolute Gasteiger partial charge is 0.381 e. The highest BCUT2D eigenvalue weighted by Gasteiger charge is 2.46. The van der Waals surface area contributed by atoms with E-state index in [2.05, 4.69) is 5.32 Å². The highest BCUT2D eigenvalue weighted by Crippen LogP contribution is 2.33. The number of rotatable bonds is 6. The van der Waals surface area contributed by atoms with Crippen LogP contribution in [0.4, 0.5) is 0 Å². The SMILES string of the molecule is O=C1CCN(CCCOCC2CC2)C(=O)C2(CCCC2)N1. The first-order valence-corrected chi connectivity index (χ1v) is 8.38. The van der Waals surface area contributed by atoms with Crippen LogP contribution in [0, 0.1) is 5.92 Å². The van der Waals surface area contributed by atoms with Crippen molar-refractivity contribution in [2.75, 3.05) is 26.3 Å². The van der Waals surface area contributed by atoms with E-state index in [0.29, 0.717) is 26.1 Å². The van der Waals surface area contributed by atoms with Gasteiger partial charge in [-0.3, -0.25) is 9.59 Å². The summed E-state index contributed by atoms with van der Waals surface area (Å²) >= 11 is 0. The fourth-order valence-electron chi connectivity index (χ4n) is 3.45. The van der Waals surface area contributed by atoms with E-state index in [1.54, 1.807) is 0 Å². The smallest absolute Gasteiger partial charge is 0.248 e. The monoisotopic (exact) mass is 294 g/mol. The van der Waals surface area contributed by atoms with Crippen LogP contribution in [0.1, 0.15) is 51.4 Å². The van der Waals surface area contributed by atoms with Crippen molar-refractivity contribution in [2.24, 2.45) is 5.92 Å². The van der Waals surface area contributed by atoms with Gasteiger partial charge in [0.2, 0.25) is 11.8 Å². The first-order chi connectivity index (χ1) is 10.2. The standard InChI is InChI=1S/C16H26N2O3/c19-14-6-10-18(9-3-11-21-12-13-4-5-13)15(20)16(17-14)7-1-2-8-16/h13H,1-12H2,(H,17,19). The van der Waals surface area contributed by atoms with Gasteiger partial charge in [-0.25, -0.2) is 0 Å². The zero-order valence-corrected chi connectivity index (χ0v) is 12.7. The molecule has 0 radical (unpaired) electrons. The molecule has 0 aromatic heterocycles. The van der Waals surface area contributed by atoms with E-state index in [9.17, 15) is 9.59 Å². The third kappa shape index (κ3) is 3.57. The highest BCUT2D eigenvalue weighted by atomic mass is 16.5. The molecule has 1 spiro atoms. The van der Waals surface area contributed by atoms with Crippen molar-refractivity contribution in [2.45, 2.75) is 56.9 Å². The number of nitrogens with zero attached hydrogens (tertiary/aromatic N) is 1. The summed E-state index contributed by atoms with van der Waals surface area (Å²) in [7, 11) is 0. The van der Waals surface area contributed by atoms with Gasteiger partial charge in [-0.1, -0.05) is 12.8 Å². The number of hydrogen-bond donors (Lipinski definition) is 1. The minimum Gasteiger partial charge on any atom is -0.381 e. The Morgan fingerprint density at radius 2 is 2.00 bits per heavy atom. The van der Waals surface area contributed by atoms with Crippen LogP contribution in [-0.2, 0) is 14.3 Å².